The molecule has 1 atom stereocenters. The normalized spacial score (nSPS) is 19.3. The van der Waals surface area contributed by atoms with Crippen LogP contribution in [0.3, 0.4) is 0 Å². The maximum Gasteiger partial charge on any atom is 0.338 e. The highest BCUT2D eigenvalue weighted by Crippen LogP contribution is 2.44. The van der Waals surface area contributed by atoms with Crippen molar-refractivity contribution in [1.29, 1.82) is 5.26 Å². The molecule has 0 amide bonds. The third-order valence-electron chi connectivity index (χ3n) is 5.80. The molecular weight excluding hydrogens is 392 g/mol. The molecule has 0 radical (unpaired) electrons. The molecule has 0 spiro atoms. The first kappa shape index (κ1) is 20.7. The van der Waals surface area contributed by atoms with E-state index in [1.54, 1.807) is 13.8 Å². The number of nitrogens with two attached hydrogens (primary N) is 1. The van der Waals surface area contributed by atoms with Crippen molar-refractivity contribution in [3.8, 4) is 6.07 Å². The molecule has 1 aromatic heterocycles. The molecule has 0 unspecified atom stereocenters. The van der Waals surface area contributed by atoms with Crippen molar-refractivity contribution in [2.45, 2.75) is 39.0 Å². The summed E-state index contributed by atoms with van der Waals surface area (Å²) in [5.41, 5.74) is 8.23. The predicted molar refractivity (Wildman–Crippen MR) is 118 cm³/mol. The van der Waals surface area contributed by atoms with Gasteiger partial charge in [0.1, 0.15) is 23.2 Å². The number of nitrogens with zero attached hydrogens (tertiary/aromatic N) is 3. The summed E-state index contributed by atoms with van der Waals surface area (Å²) < 4.78 is 10.9. The van der Waals surface area contributed by atoms with E-state index in [2.05, 4.69) is 11.0 Å². The Morgan fingerprint density at radius 1 is 1.32 bits per heavy atom. The van der Waals surface area contributed by atoms with Crippen molar-refractivity contribution in [2.75, 3.05) is 24.6 Å². The van der Waals surface area contributed by atoms with Crippen molar-refractivity contribution >= 4 is 22.7 Å². The van der Waals surface area contributed by atoms with E-state index < -0.39 is 11.9 Å². The van der Waals surface area contributed by atoms with Gasteiger partial charge in [-0.15, -0.1) is 0 Å². The largest absolute Gasteiger partial charge is 0.463 e. The molecule has 4 rings (SSSR count). The second-order valence-electron chi connectivity index (χ2n) is 7.76. The molecule has 7 heteroatoms. The fraction of sp³-hybridized carbons (Fsp3) is 0.375. The van der Waals surface area contributed by atoms with Gasteiger partial charge in [0.2, 0.25) is 5.88 Å². The second kappa shape index (κ2) is 8.68. The van der Waals surface area contributed by atoms with Crippen LogP contribution in [0.2, 0.25) is 0 Å². The number of para-hydroxylation sites is 1. The van der Waals surface area contributed by atoms with E-state index in [1.807, 2.05) is 30.3 Å². The van der Waals surface area contributed by atoms with E-state index in [-0.39, 0.29) is 18.1 Å². The minimum absolute atomic E-state index is 0.0100. The lowest BCUT2D eigenvalue weighted by Crippen LogP contribution is -2.33. The van der Waals surface area contributed by atoms with E-state index in [0.29, 0.717) is 11.3 Å². The van der Waals surface area contributed by atoms with Crippen LogP contribution in [0.5, 0.6) is 0 Å². The molecule has 31 heavy (non-hydrogen) atoms. The standard InChI is InChI=1S/C24H26N4O3/c1-3-30-24(29)20-15(2)31-22(26)18(14-25)21(20)17-13-16-9-5-6-10-19(16)27-23(17)28-11-7-4-8-12-28/h5-6,9-10,13,21H,3-4,7-8,11-12,26H2,1-2H3/t21-/m0/s1. The van der Waals surface area contributed by atoms with Gasteiger partial charge in [-0.3, -0.25) is 0 Å². The number of allylic oxidation sites excluding steroid dienone is 2. The summed E-state index contributed by atoms with van der Waals surface area (Å²) in [6.45, 7) is 5.40. The topological polar surface area (TPSA) is 101 Å². The van der Waals surface area contributed by atoms with Gasteiger partial charge < -0.3 is 20.1 Å². The van der Waals surface area contributed by atoms with Gasteiger partial charge >= 0.3 is 5.97 Å². The molecular formula is C24H26N4O3. The fourth-order valence-electron chi connectivity index (χ4n) is 4.36. The van der Waals surface area contributed by atoms with Crippen LogP contribution < -0.4 is 10.6 Å². The van der Waals surface area contributed by atoms with Gasteiger partial charge in [0.25, 0.3) is 0 Å². The van der Waals surface area contributed by atoms with E-state index in [1.165, 1.54) is 6.42 Å². The van der Waals surface area contributed by atoms with Gasteiger partial charge in [0, 0.05) is 24.0 Å². The van der Waals surface area contributed by atoms with Crippen LogP contribution in [0.15, 0.2) is 53.1 Å². The maximum absolute atomic E-state index is 12.9. The zero-order valence-corrected chi connectivity index (χ0v) is 17.9. The highest BCUT2D eigenvalue weighted by Gasteiger charge is 2.38. The van der Waals surface area contributed by atoms with Crippen LogP contribution >= 0.6 is 0 Å². The third kappa shape index (κ3) is 3.81. The summed E-state index contributed by atoms with van der Waals surface area (Å²) in [6.07, 6.45) is 3.33. The van der Waals surface area contributed by atoms with Crippen molar-refractivity contribution in [3.05, 3.63) is 58.7 Å². The van der Waals surface area contributed by atoms with Crippen LogP contribution in [-0.4, -0.2) is 30.6 Å². The molecule has 2 aromatic rings. The lowest BCUT2D eigenvalue weighted by molar-refractivity contribution is -0.139. The van der Waals surface area contributed by atoms with Crippen LogP contribution in [0.25, 0.3) is 10.9 Å². The average Bonchev–Trinajstić information content (AvgIpc) is 2.78. The first-order valence-electron chi connectivity index (χ1n) is 10.6. The highest BCUT2D eigenvalue weighted by molar-refractivity contribution is 5.94. The van der Waals surface area contributed by atoms with Crippen molar-refractivity contribution in [3.63, 3.8) is 0 Å². The predicted octanol–water partition coefficient (Wildman–Crippen LogP) is 3.87. The first-order chi connectivity index (χ1) is 15.0. The second-order valence-corrected chi connectivity index (χ2v) is 7.76. The number of benzene rings is 1. The molecule has 1 saturated heterocycles. The summed E-state index contributed by atoms with van der Waals surface area (Å²) in [5, 5.41) is 10.9. The molecule has 3 heterocycles. The molecule has 2 aliphatic rings. The van der Waals surface area contributed by atoms with Crippen molar-refractivity contribution in [1.82, 2.24) is 4.98 Å². The van der Waals surface area contributed by atoms with Crippen LogP contribution in [-0.2, 0) is 14.3 Å². The average molecular weight is 418 g/mol. The zero-order valence-electron chi connectivity index (χ0n) is 17.9. The van der Waals surface area contributed by atoms with Crippen molar-refractivity contribution < 1.29 is 14.3 Å². The maximum atomic E-state index is 12.9. The molecule has 0 saturated carbocycles. The minimum Gasteiger partial charge on any atom is -0.463 e. The number of aromatic nitrogens is 1. The number of rotatable bonds is 4. The van der Waals surface area contributed by atoms with E-state index in [9.17, 15) is 10.1 Å². The van der Waals surface area contributed by atoms with E-state index in [4.69, 9.17) is 20.2 Å². The molecule has 2 aliphatic heterocycles. The molecule has 0 aliphatic carbocycles. The smallest absolute Gasteiger partial charge is 0.338 e. The Kier molecular flexibility index (Phi) is 5.81. The Labute approximate surface area is 181 Å². The number of pyridine rings is 1. The number of hydrogen-bond donors (Lipinski definition) is 1. The number of carbonyl (C=O) groups is 1. The Morgan fingerprint density at radius 2 is 2.06 bits per heavy atom. The number of anilines is 1. The number of carbonyl (C=O) groups excluding carboxylic acids is 1. The molecule has 1 aromatic carbocycles. The zero-order chi connectivity index (χ0) is 22.0. The molecule has 1 fully saturated rings. The van der Waals surface area contributed by atoms with Gasteiger partial charge in [-0.1, -0.05) is 18.2 Å². The number of ether oxygens (including phenoxy) is 2. The Balaban J connectivity index is 1.97. The monoisotopic (exact) mass is 418 g/mol. The number of hydrogen-bond acceptors (Lipinski definition) is 7. The van der Waals surface area contributed by atoms with Gasteiger partial charge in [-0.2, -0.15) is 5.26 Å². The number of nitriles is 1. The van der Waals surface area contributed by atoms with Gasteiger partial charge in [-0.05, 0) is 45.2 Å². The van der Waals surface area contributed by atoms with Crippen LogP contribution in [0, 0.1) is 11.3 Å². The van der Waals surface area contributed by atoms with Crippen molar-refractivity contribution in [2.24, 2.45) is 5.73 Å². The number of fused-ring (bicyclic) bond motifs is 1. The SMILES string of the molecule is CCOC(=O)C1=C(C)OC(N)=C(C#N)[C@@H]1c1cc2ccccc2nc1N1CCCCC1. The third-order valence-corrected chi connectivity index (χ3v) is 5.80. The fourth-order valence-corrected chi connectivity index (χ4v) is 4.36. The van der Waals surface area contributed by atoms with Gasteiger partial charge in [-0.25, -0.2) is 9.78 Å². The summed E-state index contributed by atoms with van der Waals surface area (Å²) in [6, 6.07) is 12.0. The highest BCUT2D eigenvalue weighted by atomic mass is 16.5. The Hall–Kier alpha value is -3.53. The van der Waals surface area contributed by atoms with Crippen LogP contribution in [0.1, 0.15) is 44.6 Å². The lowest BCUT2D eigenvalue weighted by atomic mass is 9.82. The molecule has 160 valence electrons. The summed E-state index contributed by atoms with van der Waals surface area (Å²) in [5.74, 6) is -0.0798. The summed E-state index contributed by atoms with van der Waals surface area (Å²) in [7, 11) is 0. The molecule has 0 bridgehead atoms. The van der Waals surface area contributed by atoms with Crippen LogP contribution in [0.4, 0.5) is 5.82 Å². The number of esters is 1. The van der Waals surface area contributed by atoms with E-state index in [0.717, 1.165) is 48.2 Å². The molecule has 7 nitrogen and oxygen atoms in total. The Morgan fingerprint density at radius 3 is 2.77 bits per heavy atom. The minimum atomic E-state index is -0.702. The quantitative estimate of drug-likeness (QED) is 0.752. The molecule has 2 N–H and O–H groups in total. The lowest BCUT2D eigenvalue weighted by Gasteiger charge is -2.33. The Bertz CT molecular complexity index is 1120. The summed E-state index contributed by atoms with van der Waals surface area (Å²) in [4.78, 5) is 20.2. The van der Waals surface area contributed by atoms with E-state index >= 15 is 0 Å². The number of piperidine rings is 1. The van der Waals surface area contributed by atoms with Gasteiger partial charge in [0.05, 0.1) is 23.6 Å². The summed E-state index contributed by atoms with van der Waals surface area (Å²) >= 11 is 0. The first-order valence-corrected chi connectivity index (χ1v) is 10.6. The van der Waals surface area contributed by atoms with Gasteiger partial charge in [0.15, 0.2) is 0 Å².